The molecule has 0 unspecified atom stereocenters. The Morgan fingerprint density at radius 2 is 1.76 bits per heavy atom. The molecule has 6 heteroatoms. The lowest BCUT2D eigenvalue weighted by molar-refractivity contribution is 0.369. The molecule has 3 rings (SSSR count). The van der Waals surface area contributed by atoms with E-state index in [0.29, 0.717) is 17.5 Å². The Hall–Kier alpha value is -2.63. The first-order valence-corrected chi connectivity index (χ1v) is 6.38. The zero-order valence-electron chi connectivity index (χ0n) is 11.9. The molecule has 0 saturated carbocycles. The quantitative estimate of drug-likeness (QED) is 0.743. The highest BCUT2D eigenvalue weighted by Crippen LogP contribution is 2.28. The second-order valence-electron chi connectivity index (χ2n) is 4.53. The van der Waals surface area contributed by atoms with Gasteiger partial charge in [-0.3, -0.25) is 4.40 Å². The highest BCUT2D eigenvalue weighted by molar-refractivity contribution is 5.66. The summed E-state index contributed by atoms with van der Waals surface area (Å²) in [5.41, 5.74) is 2.41. The fourth-order valence-electron chi connectivity index (χ4n) is 2.26. The molecule has 0 aliphatic rings. The van der Waals surface area contributed by atoms with Gasteiger partial charge in [-0.25, -0.2) is 9.37 Å². The van der Waals surface area contributed by atoms with Crippen molar-refractivity contribution in [2.75, 3.05) is 14.2 Å². The molecule has 1 aromatic carbocycles. The molecule has 2 aromatic heterocycles. The summed E-state index contributed by atoms with van der Waals surface area (Å²) in [6.45, 7) is 1.91. The Bertz CT molecular complexity index is 797. The van der Waals surface area contributed by atoms with Gasteiger partial charge in [0.25, 0.3) is 0 Å². The normalized spacial score (nSPS) is 10.9. The third kappa shape index (κ3) is 2.18. The zero-order valence-corrected chi connectivity index (χ0v) is 11.9. The molecule has 3 aromatic rings. The Morgan fingerprint density at radius 1 is 1.05 bits per heavy atom. The number of methoxy groups -OCH3 is 2. The Morgan fingerprint density at radius 3 is 2.38 bits per heavy atom. The van der Waals surface area contributed by atoms with Crippen LogP contribution in [0, 0.1) is 12.7 Å². The predicted molar refractivity (Wildman–Crippen MR) is 76.2 cm³/mol. The first-order chi connectivity index (χ1) is 10.1. The molecule has 0 radical (unpaired) electrons. The molecule has 0 amide bonds. The van der Waals surface area contributed by atoms with Crippen LogP contribution in [0.3, 0.4) is 0 Å². The molecule has 2 heterocycles. The molecule has 5 nitrogen and oxygen atoms in total. The van der Waals surface area contributed by atoms with Gasteiger partial charge in [0.1, 0.15) is 5.82 Å². The number of nitrogens with zero attached hydrogens (tertiary/aromatic N) is 3. The molecule has 0 spiro atoms. The minimum atomic E-state index is -0.280. The van der Waals surface area contributed by atoms with Gasteiger partial charge in [-0.15, -0.1) is 0 Å². The number of imidazole rings is 1. The summed E-state index contributed by atoms with van der Waals surface area (Å²) in [6, 6.07) is 7.88. The predicted octanol–water partition coefficient (Wildman–Crippen LogP) is 2.86. The van der Waals surface area contributed by atoms with E-state index in [-0.39, 0.29) is 5.82 Å². The van der Waals surface area contributed by atoms with Crippen LogP contribution in [0.25, 0.3) is 17.0 Å². The van der Waals surface area contributed by atoms with Gasteiger partial charge in [-0.2, -0.15) is 4.98 Å². The van der Waals surface area contributed by atoms with Crippen molar-refractivity contribution in [2.45, 2.75) is 6.92 Å². The van der Waals surface area contributed by atoms with E-state index in [2.05, 4.69) is 9.97 Å². The van der Waals surface area contributed by atoms with Gasteiger partial charge in [0.05, 0.1) is 31.7 Å². The van der Waals surface area contributed by atoms with E-state index in [1.54, 1.807) is 29.7 Å². The van der Waals surface area contributed by atoms with Crippen molar-refractivity contribution in [3.8, 4) is 23.0 Å². The van der Waals surface area contributed by atoms with Crippen LogP contribution in [-0.4, -0.2) is 28.6 Å². The van der Waals surface area contributed by atoms with Gasteiger partial charge >= 0.3 is 0 Å². The first-order valence-electron chi connectivity index (χ1n) is 6.38. The summed E-state index contributed by atoms with van der Waals surface area (Å²) in [5, 5.41) is 0. The molecular weight excluding hydrogens is 273 g/mol. The van der Waals surface area contributed by atoms with E-state index in [4.69, 9.17) is 9.47 Å². The number of fused-ring (bicyclic) bond motifs is 1. The van der Waals surface area contributed by atoms with Crippen molar-refractivity contribution in [3.63, 3.8) is 0 Å². The average Bonchev–Trinajstić information content (AvgIpc) is 2.84. The number of aryl methyl sites for hydroxylation is 1. The standard InChI is InChI=1S/C15H14FN3O2/c1-9-14(10-4-6-11(16)7-5-10)18-15-17-12(20-2)8-13(21-3)19(9)15/h4-8H,1-3H3. The maximum atomic E-state index is 13.1. The van der Waals surface area contributed by atoms with Crippen LogP contribution < -0.4 is 9.47 Å². The minimum Gasteiger partial charge on any atom is -0.482 e. The van der Waals surface area contributed by atoms with E-state index in [0.717, 1.165) is 17.0 Å². The molecule has 108 valence electrons. The van der Waals surface area contributed by atoms with Crippen LogP contribution in [0.15, 0.2) is 30.3 Å². The fourth-order valence-corrected chi connectivity index (χ4v) is 2.26. The molecule has 0 N–H and O–H groups in total. The third-order valence-electron chi connectivity index (χ3n) is 3.30. The van der Waals surface area contributed by atoms with Gasteiger partial charge in [0, 0.05) is 5.56 Å². The second kappa shape index (κ2) is 5.05. The molecular formula is C15H14FN3O2. The fraction of sp³-hybridized carbons (Fsp3) is 0.200. The molecule has 0 aliphatic heterocycles. The molecule has 21 heavy (non-hydrogen) atoms. The molecule has 0 fully saturated rings. The largest absolute Gasteiger partial charge is 0.482 e. The Kier molecular flexibility index (Phi) is 3.21. The van der Waals surface area contributed by atoms with Gasteiger partial charge < -0.3 is 9.47 Å². The van der Waals surface area contributed by atoms with Crippen molar-refractivity contribution in [1.29, 1.82) is 0 Å². The van der Waals surface area contributed by atoms with Gasteiger partial charge in [-0.1, -0.05) is 0 Å². The smallest absolute Gasteiger partial charge is 0.240 e. The van der Waals surface area contributed by atoms with E-state index in [9.17, 15) is 4.39 Å². The topological polar surface area (TPSA) is 48.7 Å². The first kappa shape index (κ1) is 13.4. The average molecular weight is 287 g/mol. The van der Waals surface area contributed by atoms with Crippen molar-refractivity contribution < 1.29 is 13.9 Å². The van der Waals surface area contributed by atoms with E-state index < -0.39 is 0 Å². The molecule has 0 bridgehead atoms. The second-order valence-corrected chi connectivity index (χ2v) is 4.53. The minimum absolute atomic E-state index is 0.280. The van der Waals surface area contributed by atoms with Gasteiger partial charge in [-0.05, 0) is 31.2 Å². The summed E-state index contributed by atoms with van der Waals surface area (Å²) in [7, 11) is 3.11. The number of halogens is 1. The lowest BCUT2D eigenvalue weighted by Gasteiger charge is -2.07. The van der Waals surface area contributed by atoms with Gasteiger partial charge in [0.15, 0.2) is 0 Å². The summed E-state index contributed by atoms with van der Waals surface area (Å²) >= 11 is 0. The number of hydrogen-bond donors (Lipinski definition) is 0. The maximum Gasteiger partial charge on any atom is 0.240 e. The van der Waals surface area contributed by atoms with E-state index in [1.165, 1.54) is 19.2 Å². The summed E-state index contributed by atoms with van der Waals surface area (Å²) in [4.78, 5) is 8.80. The van der Waals surface area contributed by atoms with Crippen molar-refractivity contribution in [1.82, 2.24) is 14.4 Å². The van der Waals surface area contributed by atoms with Crippen LogP contribution in [0.2, 0.25) is 0 Å². The summed E-state index contributed by atoms with van der Waals surface area (Å²) in [6.07, 6.45) is 0. The highest BCUT2D eigenvalue weighted by atomic mass is 19.1. The van der Waals surface area contributed by atoms with Crippen LogP contribution in [-0.2, 0) is 0 Å². The molecule has 0 saturated heterocycles. The zero-order chi connectivity index (χ0) is 15.0. The Labute approximate surface area is 121 Å². The summed E-state index contributed by atoms with van der Waals surface area (Å²) < 4.78 is 25.3. The number of hydrogen-bond acceptors (Lipinski definition) is 4. The summed E-state index contributed by atoms with van der Waals surface area (Å²) in [5.74, 6) is 1.20. The van der Waals surface area contributed by atoms with Crippen LogP contribution in [0.1, 0.15) is 5.69 Å². The number of aromatic nitrogens is 3. The van der Waals surface area contributed by atoms with E-state index in [1.807, 2.05) is 6.92 Å². The molecule has 0 aliphatic carbocycles. The molecule has 0 atom stereocenters. The SMILES string of the molecule is COc1cc(OC)n2c(C)c(-c3ccc(F)cc3)nc2n1. The van der Waals surface area contributed by atoms with Crippen molar-refractivity contribution in [3.05, 3.63) is 41.8 Å². The van der Waals surface area contributed by atoms with Crippen LogP contribution in [0.5, 0.6) is 11.8 Å². The van der Waals surface area contributed by atoms with Crippen molar-refractivity contribution in [2.24, 2.45) is 0 Å². The highest BCUT2D eigenvalue weighted by Gasteiger charge is 2.16. The van der Waals surface area contributed by atoms with Crippen LogP contribution in [0.4, 0.5) is 4.39 Å². The van der Waals surface area contributed by atoms with Gasteiger partial charge in [0.2, 0.25) is 17.5 Å². The lowest BCUT2D eigenvalue weighted by Crippen LogP contribution is -1.99. The maximum absolute atomic E-state index is 13.1. The Balaban J connectivity index is 2.26. The monoisotopic (exact) mass is 287 g/mol. The number of ether oxygens (including phenoxy) is 2. The van der Waals surface area contributed by atoms with Crippen molar-refractivity contribution >= 4 is 5.78 Å². The number of rotatable bonds is 3. The number of benzene rings is 1. The lowest BCUT2D eigenvalue weighted by atomic mass is 10.1. The third-order valence-corrected chi connectivity index (χ3v) is 3.30. The van der Waals surface area contributed by atoms with Crippen LogP contribution >= 0.6 is 0 Å². The van der Waals surface area contributed by atoms with E-state index >= 15 is 0 Å².